The zero-order valence-electron chi connectivity index (χ0n) is 19.8. The maximum atomic E-state index is 13.3. The van der Waals surface area contributed by atoms with E-state index in [1.165, 1.54) is 44.4 Å². The van der Waals surface area contributed by atoms with E-state index >= 15 is 0 Å². The Morgan fingerprint density at radius 2 is 1.54 bits per heavy atom. The van der Waals surface area contributed by atoms with Gasteiger partial charge in [-0.2, -0.15) is 13.2 Å². The van der Waals surface area contributed by atoms with Gasteiger partial charge in [0.15, 0.2) is 11.5 Å². The summed E-state index contributed by atoms with van der Waals surface area (Å²) in [5, 5.41) is 2.80. The third-order valence-electron chi connectivity index (χ3n) is 5.73. The highest BCUT2D eigenvalue weighted by Crippen LogP contribution is 2.40. The molecule has 11 heteroatoms. The Morgan fingerprint density at radius 1 is 0.943 bits per heavy atom. The fourth-order valence-electron chi connectivity index (χ4n) is 3.90. The first-order valence-corrected chi connectivity index (χ1v) is 11.0. The molecular formula is C24H28F3N3O5. The van der Waals surface area contributed by atoms with Gasteiger partial charge in [-0.25, -0.2) is 0 Å². The molecule has 1 fully saturated rings. The molecule has 2 aromatic rings. The Morgan fingerprint density at radius 3 is 2.09 bits per heavy atom. The standard InChI is InChI=1S/C24H28F3N3O5/c1-33-19-14-16(15-20(34-2)22(19)35-3)28-21(31)8-9-29-10-12-30(13-11-29)23(32)17-6-4-5-7-18(17)24(25,26)27/h4-7,14-15H,8-13H2,1-3H3,(H,28,31). The number of hydrogen-bond acceptors (Lipinski definition) is 6. The van der Waals surface area contributed by atoms with Crippen molar-refractivity contribution in [1.82, 2.24) is 9.80 Å². The second-order valence-corrected chi connectivity index (χ2v) is 7.89. The Labute approximate surface area is 201 Å². The Hall–Kier alpha value is -3.47. The highest BCUT2D eigenvalue weighted by molar-refractivity contribution is 5.96. The van der Waals surface area contributed by atoms with Crippen LogP contribution in [0, 0.1) is 0 Å². The number of anilines is 1. The Balaban J connectivity index is 1.53. The molecule has 0 bridgehead atoms. The van der Waals surface area contributed by atoms with E-state index in [-0.39, 0.29) is 31.0 Å². The lowest BCUT2D eigenvalue weighted by Crippen LogP contribution is -2.49. The smallest absolute Gasteiger partial charge is 0.417 e. The third kappa shape index (κ3) is 6.36. The summed E-state index contributed by atoms with van der Waals surface area (Å²) in [5.41, 5.74) is -0.794. The van der Waals surface area contributed by atoms with E-state index in [1.807, 2.05) is 4.90 Å². The fourth-order valence-corrected chi connectivity index (χ4v) is 3.90. The molecule has 0 aliphatic carbocycles. The van der Waals surface area contributed by atoms with Crippen LogP contribution in [0.1, 0.15) is 22.3 Å². The number of alkyl halides is 3. The maximum absolute atomic E-state index is 13.3. The summed E-state index contributed by atoms with van der Waals surface area (Å²) in [6, 6.07) is 8.05. The van der Waals surface area contributed by atoms with E-state index in [0.29, 0.717) is 42.6 Å². The molecule has 3 rings (SSSR count). The van der Waals surface area contributed by atoms with Crippen LogP contribution in [0.4, 0.5) is 18.9 Å². The molecule has 1 N–H and O–H groups in total. The first-order chi connectivity index (χ1) is 16.7. The predicted octanol–water partition coefficient (Wildman–Crippen LogP) is 3.52. The molecule has 1 aliphatic rings. The van der Waals surface area contributed by atoms with Crippen LogP contribution in [0.3, 0.4) is 0 Å². The number of methoxy groups -OCH3 is 3. The zero-order valence-corrected chi connectivity index (χ0v) is 19.8. The molecule has 0 atom stereocenters. The van der Waals surface area contributed by atoms with Gasteiger partial charge in [-0.15, -0.1) is 0 Å². The molecule has 8 nitrogen and oxygen atoms in total. The van der Waals surface area contributed by atoms with Gasteiger partial charge in [0.1, 0.15) is 0 Å². The van der Waals surface area contributed by atoms with Gasteiger partial charge in [0.2, 0.25) is 11.7 Å². The first kappa shape index (κ1) is 26.1. The predicted molar refractivity (Wildman–Crippen MR) is 123 cm³/mol. The van der Waals surface area contributed by atoms with E-state index in [0.717, 1.165) is 6.07 Å². The molecular weight excluding hydrogens is 467 g/mol. The number of rotatable bonds is 8. The van der Waals surface area contributed by atoms with Crippen molar-refractivity contribution < 1.29 is 37.0 Å². The summed E-state index contributed by atoms with van der Waals surface area (Å²) in [7, 11) is 4.45. The molecule has 0 aromatic heterocycles. The monoisotopic (exact) mass is 495 g/mol. The van der Waals surface area contributed by atoms with Crippen LogP contribution in [-0.4, -0.2) is 75.7 Å². The summed E-state index contributed by atoms with van der Waals surface area (Å²) >= 11 is 0. The van der Waals surface area contributed by atoms with Gasteiger partial charge in [0, 0.05) is 57.0 Å². The summed E-state index contributed by atoms with van der Waals surface area (Å²) < 4.78 is 55.6. The summed E-state index contributed by atoms with van der Waals surface area (Å²) in [4.78, 5) is 28.6. The molecule has 0 unspecified atom stereocenters. The number of hydrogen-bond donors (Lipinski definition) is 1. The average Bonchev–Trinajstić information content (AvgIpc) is 2.86. The molecule has 35 heavy (non-hydrogen) atoms. The minimum Gasteiger partial charge on any atom is -0.493 e. The lowest BCUT2D eigenvalue weighted by molar-refractivity contribution is -0.138. The molecule has 1 aliphatic heterocycles. The molecule has 1 saturated heterocycles. The van der Waals surface area contributed by atoms with Crippen molar-refractivity contribution >= 4 is 17.5 Å². The zero-order chi connectivity index (χ0) is 25.6. The maximum Gasteiger partial charge on any atom is 0.417 e. The number of carbonyl (C=O) groups excluding carboxylic acids is 2. The fraction of sp³-hybridized carbons (Fsp3) is 0.417. The molecule has 1 heterocycles. The number of nitrogens with zero attached hydrogens (tertiary/aromatic N) is 2. The van der Waals surface area contributed by atoms with Crippen LogP contribution < -0.4 is 19.5 Å². The van der Waals surface area contributed by atoms with Crippen LogP contribution in [0.15, 0.2) is 36.4 Å². The number of nitrogens with one attached hydrogen (secondary N) is 1. The van der Waals surface area contributed by atoms with Crippen LogP contribution in [-0.2, 0) is 11.0 Å². The molecule has 0 saturated carbocycles. The topological polar surface area (TPSA) is 80.3 Å². The molecule has 190 valence electrons. The minimum absolute atomic E-state index is 0.196. The van der Waals surface area contributed by atoms with Crippen molar-refractivity contribution in [3.05, 3.63) is 47.5 Å². The first-order valence-electron chi connectivity index (χ1n) is 11.0. The Bertz CT molecular complexity index is 1030. The lowest BCUT2D eigenvalue weighted by Gasteiger charge is -2.35. The van der Waals surface area contributed by atoms with Gasteiger partial charge in [0.05, 0.1) is 32.5 Å². The van der Waals surface area contributed by atoms with Gasteiger partial charge in [-0.05, 0) is 12.1 Å². The van der Waals surface area contributed by atoms with Crippen molar-refractivity contribution in [3.8, 4) is 17.2 Å². The van der Waals surface area contributed by atoms with Gasteiger partial charge in [-0.3, -0.25) is 14.5 Å². The number of piperazine rings is 1. The SMILES string of the molecule is COc1cc(NC(=O)CCN2CCN(C(=O)c3ccccc3C(F)(F)F)CC2)cc(OC)c1OC. The quantitative estimate of drug-likeness (QED) is 0.604. The average molecular weight is 495 g/mol. The van der Waals surface area contributed by atoms with Crippen molar-refractivity contribution in [1.29, 1.82) is 0 Å². The number of ether oxygens (including phenoxy) is 3. The lowest BCUT2D eigenvalue weighted by atomic mass is 10.1. The van der Waals surface area contributed by atoms with E-state index < -0.39 is 17.6 Å². The molecule has 2 amide bonds. The minimum atomic E-state index is -4.60. The molecule has 2 aromatic carbocycles. The van der Waals surface area contributed by atoms with E-state index in [1.54, 1.807) is 12.1 Å². The van der Waals surface area contributed by atoms with Crippen LogP contribution in [0.2, 0.25) is 0 Å². The van der Waals surface area contributed by atoms with Gasteiger partial charge in [-0.1, -0.05) is 12.1 Å². The van der Waals surface area contributed by atoms with Crippen molar-refractivity contribution in [2.45, 2.75) is 12.6 Å². The van der Waals surface area contributed by atoms with E-state index in [4.69, 9.17) is 14.2 Å². The number of amides is 2. The largest absolute Gasteiger partial charge is 0.493 e. The molecule has 0 radical (unpaired) electrons. The summed E-state index contributed by atoms with van der Waals surface area (Å²) in [5.74, 6) is 0.373. The number of benzene rings is 2. The molecule has 0 spiro atoms. The normalized spacial score (nSPS) is 14.4. The van der Waals surface area contributed by atoms with Crippen molar-refractivity contribution in [2.75, 3.05) is 59.4 Å². The van der Waals surface area contributed by atoms with Crippen LogP contribution in [0.5, 0.6) is 17.2 Å². The van der Waals surface area contributed by atoms with Crippen LogP contribution >= 0.6 is 0 Å². The van der Waals surface area contributed by atoms with E-state index in [2.05, 4.69) is 5.32 Å². The summed E-state index contributed by atoms with van der Waals surface area (Å²) in [6.07, 6.45) is -4.40. The van der Waals surface area contributed by atoms with Gasteiger partial charge >= 0.3 is 6.18 Å². The second-order valence-electron chi connectivity index (χ2n) is 7.89. The summed E-state index contributed by atoms with van der Waals surface area (Å²) in [6.45, 7) is 1.91. The second kappa shape index (κ2) is 11.3. The van der Waals surface area contributed by atoms with Crippen molar-refractivity contribution in [2.24, 2.45) is 0 Å². The Kier molecular flexibility index (Phi) is 8.44. The number of halogens is 3. The number of carbonyl (C=O) groups is 2. The highest BCUT2D eigenvalue weighted by atomic mass is 19.4. The van der Waals surface area contributed by atoms with Gasteiger partial charge < -0.3 is 24.4 Å². The van der Waals surface area contributed by atoms with Crippen LogP contribution in [0.25, 0.3) is 0 Å². The van der Waals surface area contributed by atoms with E-state index in [9.17, 15) is 22.8 Å². The third-order valence-corrected chi connectivity index (χ3v) is 5.73. The van der Waals surface area contributed by atoms with Crippen molar-refractivity contribution in [3.63, 3.8) is 0 Å². The highest BCUT2D eigenvalue weighted by Gasteiger charge is 2.36. The van der Waals surface area contributed by atoms with Gasteiger partial charge in [0.25, 0.3) is 5.91 Å².